The van der Waals surface area contributed by atoms with Crippen LogP contribution in [-0.4, -0.2) is 30.9 Å². The lowest BCUT2D eigenvalue weighted by atomic mass is 9.85. The maximum atomic E-state index is 11.0. The van der Waals surface area contributed by atoms with E-state index in [-0.39, 0.29) is 17.4 Å². The molecule has 264 valence electrons. The summed E-state index contributed by atoms with van der Waals surface area (Å²) in [4.78, 5) is 11.0. The number of carboxylic acids is 1. The zero-order valence-electron chi connectivity index (χ0n) is 31.2. The quantitative estimate of drug-likeness (QED) is 0.133. The van der Waals surface area contributed by atoms with Crippen molar-refractivity contribution in [1.82, 2.24) is 0 Å². The third-order valence-electron chi connectivity index (χ3n) is 8.94. The van der Waals surface area contributed by atoms with Crippen molar-refractivity contribution in [3.8, 4) is 33.8 Å². The highest BCUT2D eigenvalue weighted by Crippen LogP contribution is 2.34. The predicted octanol–water partition coefficient (Wildman–Crippen LogP) is 11.3. The number of aliphatic carboxylic acids is 1. The van der Waals surface area contributed by atoms with Gasteiger partial charge >= 0.3 is 5.97 Å². The Morgan fingerprint density at radius 2 is 1.12 bits per heavy atom. The summed E-state index contributed by atoms with van der Waals surface area (Å²) in [5.41, 5.74) is 11.2. The van der Waals surface area contributed by atoms with Crippen molar-refractivity contribution < 1.29 is 24.1 Å². The summed E-state index contributed by atoms with van der Waals surface area (Å²) in [7, 11) is 0. The Labute approximate surface area is 303 Å². The maximum absolute atomic E-state index is 11.0. The molecule has 0 heterocycles. The van der Waals surface area contributed by atoms with Crippen LogP contribution in [0.2, 0.25) is 0 Å². The minimum absolute atomic E-state index is 0.0584. The average molecular weight is 683 g/mol. The first-order valence-corrected chi connectivity index (χ1v) is 17.6. The van der Waals surface area contributed by atoms with Gasteiger partial charge in [0.25, 0.3) is 0 Å². The monoisotopic (exact) mass is 682 g/mol. The molecule has 0 aliphatic rings. The van der Waals surface area contributed by atoms with E-state index in [1.165, 1.54) is 22.3 Å². The summed E-state index contributed by atoms with van der Waals surface area (Å²) in [6, 6.07) is 40.2. The van der Waals surface area contributed by atoms with Crippen LogP contribution in [0.3, 0.4) is 0 Å². The molecule has 0 radical (unpaired) electrons. The Morgan fingerprint density at radius 3 is 1.55 bits per heavy atom. The summed E-state index contributed by atoms with van der Waals surface area (Å²) in [5.74, 6) is 0.833. The van der Waals surface area contributed by atoms with Gasteiger partial charge in [-0.3, -0.25) is 0 Å². The molecule has 0 aliphatic carbocycles. The third-order valence-corrected chi connectivity index (χ3v) is 8.94. The first kappa shape index (κ1) is 37.0. The fourth-order valence-electron chi connectivity index (χ4n) is 6.00. The van der Waals surface area contributed by atoms with Crippen molar-refractivity contribution >= 4 is 11.5 Å². The molecule has 51 heavy (non-hydrogen) atoms. The topological polar surface area (TPSA) is 65.0 Å². The van der Waals surface area contributed by atoms with Crippen molar-refractivity contribution in [3.05, 3.63) is 149 Å². The molecule has 1 N–H and O–H groups in total. The number of hydrogen-bond donors (Lipinski definition) is 1. The molecule has 0 spiro atoms. The normalized spacial score (nSPS) is 11.5. The van der Waals surface area contributed by atoms with Gasteiger partial charge in [-0.15, -0.1) is 0 Å². The van der Waals surface area contributed by atoms with Crippen LogP contribution in [-0.2, 0) is 20.4 Å². The lowest BCUT2D eigenvalue weighted by Crippen LogP contribution is -2.11. The Hall–Kier alpha value is -5.29. The second-order valence-corrected chi connectivity index (χ2v) is 14.9. The molecule has 5 heteroatoms. The molecule has 0 amide bonds. The summed E-state index contributed by atoms with van der Waals surface area (Å²) < 4.78 is 18.1. The summed E-state index contributed by atoms with van der Waals surface area (Å²) >= 11 is 0. The van der Waals surface area contributed by atoms with E-state index in [1.807, 2.05) is 19.9 Å². The Bertz CT molecular complexity index is 1890. The summed E-state index contributed by atoms with van der Waals surface area (Å²) in [6.07, 6.45) is 0. The molecule has 5 nitrogen and oxygen atoms in total. The molecule has 0 saturated carbocycles. The zero-order valence-corrected chi connectivity index (χ0v) is 31.2. The van der Waals surface area contributed by atoms with Crippen molar-refractivity contribution in [2.75, 3.05) is 19.8 Å². The SMILES string of the molecule is CCOC(COc1ccc(OCC(=O)O)c(C)c1)=C(c1ccc(-c2cccc(C(C)(C)C)c2)cc1)c1ccc(-c2cccc(C(C)(C)C)c2)cc1. The van der Waals surface area contributed by atoms with Crippen LogP contribution in [0.25, 0.3) is 27.8 Å². The average Bonchev–Trinajstić information content (AvgIpc) is 3.10. The van der Waals surface area contributed by atoms with Crippen LogP contribution in [0.5, 0.6) is 11.5 Å². The van der Waals surface area contributed by atoms with Crippen molar-refractivity contribution in [2.24, 2.45) is 0 Å². The number of ether oxygens (including phenoxy) is 3. The molecule has 0 saturated heterocycles. The molecule has 0 bridgehead atoms. The fraction of sp³-hybridized carbons (Fsp3) is 0.283. The van der Waals surface area contributed by atoms with Gasteiger partial charge in [0.15, 0.2) is 6.61 Å². The van der Waals surface area contributed by atoms with Gasteiger partial charge < -0.3 is 19.3 Å². The van der Waals surface area contributed by atoms with Gasteiger partial charge in [-0.1, -0.05) is 139 Å². The van der Waals surface area contributed by atoms with Crippen LogP contribution in [0.15, 0.2) is 121 Å². The van der Waals surface area contributed by atoms with E-state index in [9.17, 15) is 4.79 Å². The Kier molecular flexibility index (Phi) is 11.4. The highest BCUT2D eigenvalue weighted by Gasteiger charge is 2.18. The third kappa shape index (κ3) is 9.49. The predicted molar refractivity (Wildman–Crippen MR) is 209 cm³/mol. The number of aryl methyl sites for hydroxylation is 1. The molecular formula is C46H50O5. The first-order chi connectivity index (χ1) is 24.2. The largest absolute Gasteiger partial charge is 0.494 e. The molecule has 5 aromatic carbocycles. The van der Waals surface area contributed by atoms with Crippen LogP contribution in [0.1, 0.15) is 76.3 Å². The van der Waals surface area contributed by atoms with E-state index in [4.69, 9.17) is 19.3 Å². The number of carbonyl (C=O) groups is 1. The van der Waals surface area contributed by atoms with E-state index in [0.29, 0.717) is 23.9 Å². The smallest absolute Gasteiger partial charge is 0.341 e. The fourth-order valence-corrected chi connectivity index (χ4v) is 6.00. The highest BCUT2D eigenvalue weighted by atomic mass is 16.5. The van der Waals surface area contributed by atoms with Gasteiger partial charge in [0.05, 0.1) is 6.61 Å². The van der Waals surface area contributed by atoms with Gasteiger partial charge in [0, 0.05) is 5.57 Å². The Balaban J connectivity index is 1.54. The lowest BCUT2D eigenvalue weighted by molar-refractivity contribution is -0.139. The Morgan fingerprint density at radius 1 is 0.608 bits per heavy atom. The van der Waals surface area contributed by atoms with E-state index in [0.717, 1.165) is 33.4 Å². The molecule has 5 aromatic rings. The highest BCUT2D eigenvalue weighted by molar-refractivity contribution is 5.83. The minimum Gasteiger partial charge on any atom is -0.494 e. The second kappa shape index (κ2) is 15.7. The molecule has 0 atom stereocenters. The molecule has 0 unspecified atom stereocenters. The van der Waals surface area contributed by atoms with Crippen LogP contribution in [0, 0.1) is 6.92 Å². The minimum atomic E-state index is -1.02. The molecular weight excluding hydrogens is 633 g/mol. The lowest BCUT2D eigenvalue weighted by Gasteiger charge is -2.21. The summed E-state index contributed by atoms with van der Waals surface area (Å²) in [6.45, 7) is 17.5. The first-order valence-electron chi connectivity index (χ1n) is 17.6. The molecule has 0 aliphatic heterocycles. The van der Waals surface area contributed by atoms with E-state index >= 15 is 0 Å². The van der Waals surface area contributed by atoms with Crippen molar-refractivity contribution in [2.45, 2.75) is 66.2 Å². The second-order valence-electron chi connectivity index (χ2n) is 14.9. The number of carboxylic acid groups (broad SMARTS) is 1. The van der Waals surface area contributed by atoms with Gasteiger partial charge in [0.1, 0.15) is 23.9 Å². The number of hydrogen-bond acceptors (Lipinski definition) is 4. The number of benzene rings is 5. The van der Waals surface area contributed by atoms with E-state index < -0.39 is 12.6 Å². The molecule has 5 rings (SSSR count). The van der Waals surface area contributed by atoms with Crippen LogP contribution < -0.4 is 9.47 Å². The molecule has 0 fully saturated rings. The van der Waals surface area contributed by atoms with Crippen LogP contribution >= 0.6 is 0 Å². The van der Waals surface area contributed by atoms with Crippen LogP contribution in [0.4, 0.5) is 0 Å². The zero-order chi connectivity index (χ0) is 36.8. The number of rotatable bonds is 12. The summed E-state index contributed by atoms with van der Waals surface area (Å²) in [5, 5.41) is 9.01. The van der Waals surface area contributed by atoms with Gasteiger partial charge in [-0.2, -0.15) is 0 Å². The maximum Gasteiger partial charge on any atom is 0.341 e. The standard InChI is InChI=1S/C46H50O5/c1-9-49-42(29-50-40-24-25-41(31(2)26-40)51-30-43(47)48)44(34-20-16-32(17-21-34)36-12-10-14-38(27-36)45(3,4)5)35-22-18-33(19-23-35)37-13-11-15-39(28-37)46(6,7)8/h10-28H,9,29-30H2,1-8H3,(H,47,48). The van der Waals surface area contributed by atoms with Crippen molar-refractivity contribution in [1.29, 1.82) is 0 Å². The van der Waals surface area contributed by atoms with Crippen molar-refractivity contribution in [3.63, 3.8) is 0 Å². The van der Waals surface area contributed by atoms with E-state index in [1.54, 1.807) is 12.1 Å². The van der Waals surface area contributed by atoms with Gasteiger partial charge in [0.2, 0.25) is 0 Å². The molecule has 0 aromatic heterocycles. The van der Waals surface area contributed by atoms with E-state index in [2.05, 4.69) is 139 Å². The van der Waals surface area contributed by atoms with Gasteiger partial charge in [-0.25, -0.2) is 4.79 Å². The van der Waals surface area contributed by atoms with Gasteiger partial charge in [-0.05, 0) is 92.9 Å².